The van der Waals surface area contributed by atoms with Gasteiger partial charge in [0.05, 0.1) is 19.0 Å². The monoisotopic (exact) mass is 279 g/mol. The van der Waals surface area contributed by atoms with Gasteiger partial charge in [-0.1, -0.05) is 0 Å². The van der Waals surface area contributed by atoms with E-state index in [9.17, 15) is 13.2 Å². The summed E-state index contributed by atoms with van der Waals surface area (Å²) >= 11 is 0. The van der Waals surface area contributed by atoms with Crippen LogP contribution in [0, 0.1) is 0 Å². The summed E-state index contributed by atoms with van der Waals surface area (Å²) in [4.78, 5) is 11.5. The van der Waals surface area contributed by atoms with Crippen molar-refractivity contribution in [2.75, 3.05) is 38.6 Å². The van der Waals surface area contributed by atoms with Crippen molar-refractivity contribution in [3.05, 3.63) is 0 Å². The van der Waals surface area contributed by atoms with Gasteiger partial charge in [-0.3, -0.25) is 4.79 Å². The zero-order valence-electron chi connectivity index (χ0n) is 10.6. The molecule has 1 rings (SSSR count). The maximum atomic E-state index is 11.5. The molecule has 0 aliphatic carbocycles. The van der Waals surface area contributed by atoms with Crippen molar-refractivity contribution < 1.29 is 17.9 Å². The molecule has 1 atom stereocenters. The van der Waals surface area contributed by atoms with Gasteiger partial charge in [0.1, 0.15) is 0 Å². The molecule has 0 radical (unpaired) electrons. The SMILES string of the molecule is CCS(=O)(=O)NCCNC(=O)CC1COCCN1. The number of morpholine rings is 1. The first-order valence-corrected chi connectivity index (χ1v) is 7.74. The van der Waals surface area contributed by atoms with Crippen molar-refractivity contribution in [2.24, 2.45) is 0 Å². The molecule has 106 valence electrons. The maximum Gasteiger partial charge on any atom is 0.221 e. The molecule has 1 fully saturated rings. The zero-order chi connectivity index (χ0) is 13.4. The fourth-order valence-electron chi connectivity index (χ4n) is 1.56. The Hall–Kier alpha value is -0.700. The summed E-state index contributed by atoms with van der Waals surface area (Å²) in [7, 11) is -3.18. The summed E-state index contributed by atoms with van der Waals surface area (Å²) in [6.07, 6.45) is 0.348. The van der Waals surface area contributed by atoms with Crippen LogP contribution in [-0.2, 0) is 19.6 Å². The summed E-state index contributed by atoms with van der Waals surface area (Å²) in [6.45, 7) is 4.05. The number of sulfonamides is 1. The molecule has 1 aliphatic rings. The van der Waals surface area contributed by atoms with E-state index in [1.54, 1.807) is 6.92 Å². The van der Waals surface area contributed by atoms with Gasteiger partial charge in [0.25, 0.3) is 0 Å². The van der Waals surface area contributed by atoms with E-state index < -0.39 is 10.0 Å². The molecule has 1 unspecified atom stereocenters. The van der Waals surface area contributed by atoms with Gasteiger partial charge in [-0.05, 0) is 6.92 Å². The van der Waals surface area contributed by atoms with Crippen molar-refractivity contribution in [3.63, 3.8) is 0 Å². The Kier molecular flexibility index (Phi) is 6.55. The minimum Gasteiger partial charge on any atom is -0.378 e. The van der Waals surface area contributed by atoms with E-state index in [1.165, 1.54) is 0 Å². The van der Waals surface area contributed by atoms with Crippen LogP contribution < -0.4 is 15.4 Å². The largest absolute Gasteiger partial charge is 0.378 e. The molecule has 0 spiro atoms. The fourth-order valence-corrected chi connectivity index (χ4v) is 2.17. The molecule has 1 saturated heterocycles. The molecular weight excluding hydrogens is 258 g/mol. The van der Waals surface area contributed by atoms with E-state index >= 15 is 0 Å². The van der Waals surface area contributed by atoms with E-state index in [4.69, 9.17) is 4.74 Å². The third kappa shape index (κ3) is 6.29. The van der Waals surface area contributed by atoms with Crippen LogP contribution in [-0.4, -0.2) is 59.0 Å². The number of carbonyl (C=O) groups is 1. The zero-order valence-corrected chi connectivity index (χ0v) is 11.4. The average Bonchev–Trinajstić information content (AvgIpc) is 2.36. The Labute approximate surface area is 108 Å². The summed E-state index contributed by atoms with van der Waals surface area (Å²) in [6, 6.07) is 0.0473. The maximum absolute atomic E-state index is 11.5. The second kappa shape index (κ2) is 7.67. The Bertz CT molecular complexity index is 352. The number of carbonyl (C=O) groups excluding carboxylic acids is 1. The van der Waals surface area contributed by atoms with Crippen LogP contribution in [0.3, 0.4) is 0 Å². The lowest BCUT2D eigenvalue weighted by atomic mass is 10.2. The molecule has 7 nitrogen and oxygen atoms in total. The molecule has 1 amide bonds. The minimum absolute atomic E-state index is 0.0459. The van der Waals surface area contributed by atoms with E-state index in [0.717, 1.165) is 6.54 Å². The van der Waals surface area contributed by atoms with Crippen molar-refractivity contribution in [3.8, 4) is 0 Å². The average molecular weight is 279 g/mol. The minimum atomic E-state index is -3.18. The van der Waals surface area contributed by atoms with Gasteiger partial charge < -0.3 is 15.4 Å². The van der Waals surface area contributed by atoms with E-state index in [1.807, 2.05) is 0 Å². The molecule has 0 aromatic carbocycles. The first-order valence-electron chi connectivity index (χ1n) is 6.08. The van der Waals surface area contributed by atoms with Gasteiger partial charge in [0, 0.05) is 32.1 Å². The Balaban J connectivity index is 2.10. The summed E-state index contributed by atoms with van der Waals surface area (Å²) < 4.78 is 29.8. The van der Waals surface area contributed by atoms with Crippen molar-refractivity contribution >= 4 is 15.9 Å². The molecule has 18 heavy (non-hydrogen) atoms. The highest BCUT2D eigenvalue weighted by Crippen LogP contribution is 1.97. The standard InChI is InChI=1S/C10H21N3O4S/c1-2-18(15,16)13-4-3-12-10(14)7-9-8-17-6-5-11-9/h9,11,13H,2-8H2,1H3,(H,12,14). The van der Waals surface area contributed by atoms with E-state index in [-0.39, 0.29) is 24.2 Å². The van der Waals surface area contributed by atoms with Gasteiger partial charge in [0.15, 0.2) is 0 Å². The molecule has 0 aromatic rings. The number of hydrogen-bond donors (Lipinski definition) is 3. The first kappa shape index (κ1) is 15.4. The second-order valence-corrected chi connectivity index (χ2v) is 6.17. The molecule has 1 aliphatic heterocycles. The van der Waals surface area contributed by atoms with Crippen LogP contribution >= 0.6 is 0 Å². The van der Waals surface area contributed by atoms with Gasteiger partial charge >= 0.3 is 0 Å². The molecule has 0 aromatic heterocycles. The predicted octanol–water partition coefficient (Wildman–Crippen LogP) is -1.58. The van der Waals surface area contributed by atoms with Crippen LogP contribution in [0.2, 0.25) is 0 Å². The topological polar surface area (TPSA) is 96.5 Å². The van der Waals surface area contributed by atoms with Gasteiger partial charge in [-0.15, -0.1) is 0 Å². The Morgan fingerprint density at radius 1 is 1.44 bits per heavy atom. The van der Waals surface area contributed by atoms with Crippen LogP contribution in [0.1, 0.15) is 13.3 Å². The van der Waals surface area contributed by atoms with Crippen LogP contribution in [0.15, 0.2) is 0 Å². The lowest BCUT2D eigenvalue weighted by Gasteiger charge is -2.23. The van der Waals surface area contributed by atoms with Crippen molar-refractivity contribution in [1.82, 2.24) is 15.4 Å². The molecule has 3 N–H and O–H groups in total. The Morgan fingerprint density at radius 2 is 2.22 bits per heavy atom. The number of hydrogen-bond acceptors (Lipinski definition) is 5. The molecule has 8 heteroatoms. The third-order valence-electron chi connectivity index (χ3n) is 2.58. The number of amides is 1. The van der Waals surface area contributed by atoms with E-state index in [2.05, 4.69) is 15.4 Å². The number of rotatable bonds is 7. The Morgan fingerprint density at radius 3 is 2.83 bits per heavy atom. The van der Waals surface area contributed by atoms with Crippen LogP contribution in [0.4, 0.5) is 0 Å². The molecule has 0 saturated carbocycles. The normalized spacial score (nSPS) is 20.6. The number of ether oxygens (including phenoxy) is 1. The second-order valence-electron chi connectivity index (χ2n) is 4.08. The molecule has 1 heterocycles. The van der Waals surface area contributed by atoms with Crippen LogP contribution in [0.5, 0.6) is 0 Å². The van der Waals surface area contributed by atoms with Gasteiger partial charge in [0.2, 0.25) is 15.9 Å². The smallest absolute Gasteiger partial charge is 0.221 e. The van der Waals surface area contributed by atoms with Crippen molar-refractivity contribution in [2.45, 2.75) is 19.4 Å². The van der Waals surface area contributed by atoms with Gasteiger partial charge in [-0.2, -0.15) is 0 Å². The fraction of sp³-hybridized carbons (Fsp3) is 0.900. The number of nitrogens with one attached hydrogen (secondary N) is 3. The molecular formula is C10H21N3O4S. The third-order valence-corrected chi connectivity index (χ3v) is 3.98. The predicted molar refractivity (Wildman–Crippen MR) is 67.7 cm³/mol. The highest BCUT2D eigenvalue weighted by molar-refractivity contribution is 7.89. The quantitative estimate of drug-likeness (QED) is 0.489. The lowest BCUT2D eigenvalue weighted by Crippen LogP contribution is -2.45. The summed E-state index contributed by atoms with van der Waals surface area (Å²) in [5, 5.41) is 5.84. The lowest BCUT2D eigenvalue weighted by molar-refractivity contribution is -0.122. The van der Waals surface area contributed by atoms with Gasteiger partial charge in [-0.25, -0.2) is 13.1 Å². The summed E-state index contributed by atoms with van der Waals surface area (Å²) in [5.41, 5.74) is 0. The van der Waals surface area contributed by atoms with Crippen LogP contribution in [0.25, 0.3) is 0 Å². The molecule has 0 bridgehead atoms. The highest BCUT2D eigenvalue weighted by Gasteiger charge is 2.16. The summed E-state index contributed by atoms with van der Waals surface area (Å²) in [5.74, 6) is -0.0571. The van der Waals surface area contributed by atoms with Crippen molar-refractivity contribution in [1.29, 1.82) is 0 Å². The van der Waals surface area contributed by atoms with E-state index in [0.29, 0.717) is 26.2 Å². The highest BCUT2D eigenvalue weighted by atomic mass is 32.2. The first-order chi connectivity index (χ1) is 8.53.